The molecule has 1 rings (SSSR count). The Bertz CT molecular complexity index is 425. The highest BCUT2D eigenvalue weighted by molar-refractivity contribution is 9.10. The molecule has 2 nitrogen and oxygen atoms in total. The van der Waals surface area contributed by atoms with Crippen molar-refractivity contribution in [2.24, 2.45) is 11.3 Å². The van der Waals surface area contributed by atoms with Crippen LogP contribution in [0.4, 0.5) is 0 Å². The van der Waals surface area contributed by atoms with Crippen LogP contribution in [0.3, 0.4) is 0 Å². The van der Waals surface area contributed by atoms with Gasteiger partial charge in [0, 0.05) is 10.5 Å². The molecule has 0 radical (unpaired) electrons. The summed E-state index contributed by atoms with van der Waals surface area (Å²) < 4.78 is 6.65. The molecule has 0 amide bonds. The number of ether oxygens (including phenoxy) is 1. The van der Waals surface area contributed by atoms with Crippen molar-refractivity contribution in [3.8, 4) is 5.75 Å². The van der Waals surface area contributed by atoms with E-state index in [1.54, 1.807) is 0 Å². The largest absolute Gasteiger partial charge is 0.494 e. The van der Waals surface area contributed by atoms with Crippen molar-refractivity contribution in [3.05, 3.63) is 28.2 Å². The molecule has 1 aromatic rings. The van der Waals surface area contributed by atoms with E-state index in [-0.39, 0.29) is 0 Å². The van der Waals surface area contributed by atoms with Crippen LogP contribution >= 0.6 is 15.9 Å². The predicted molar refractivity (Wildman–Crippen MR) is 90.3 cm³/mol. The Morgan fingerprint density at radius 1 is 1.30 bits per heavy atom. The summed E-state index contributed by atoms with van der Waals surface area (Å²) in [5.74, 6) is 1.56. The monoisotopic (exact) mass is 341 g/mol. The quantitative estimate of drug-likeness (QED) is 0.769. The summed E-state index contributed by atoms with van der Waals surface area (Å²) in [6.07, 6.45) is 1.12. The highest BCUT2D eigenvalue weighted by Crippen LogP contribution is 2.36. The first-order valence-corrected chi connectivity index (χ1v) is 8.18. The molecule has 0 aliphatic heterocycles. The molecule has 0 aromatic heterocycles. The number of hydrogen-bond donors (Lipinski definition) is 1. The van der Waals surface area contributed by atoms with Crippen molar-refractivity contribution >= 4 is 15.9 Å². The Morgan fingerprint density at radius 3 is 2.40 bits per heavy atom. The summed E-state index contributed by atoms with van der Waals surface area (Å²) in [6.45, 7) is 11.9. The molecule has 1 N–H and O–H groups in total. The topological polar surface area (TPSA) is 21.3 Å². The van der Waals surface area contributed by atoms with Crippen LogP contribution < -0.4 is 10.1 Å². The summed E-state index contributed by atoms with van der Waals surface area (Å²) in [7, 11) is 2.03. The van der Waals surface area contributed by atoms with E-state index in [1.165, 1.54) is 5.56 Å². The maximum absolute atomic E-state index is 5.54. The minimum absolute atomic E-state index is 0.326. The first kappa shape index (κ1) is 17.5. The molecule has 0 aliphatic rings. The predicted octanol–water partition coefficient (Wildman–Crippen LogP) is 5.18. The summed E-state index contributed by atoms with van der Waals surface area (Å²) in [4.78, 5) is 0. The van der Waals surface area contributed by atoms with Crippen LogP contribution in [0, 0.1) is 11.3 Å². The van der Waals surface area contributed by atoms with E-state index in [0.29, 0.717) is 24.0 Å². The zero-order chi connectivity index (χ0) is 15.3. The summed E-state index contributed by atoms with van der Waals surface area (Å²) in [5, 5.41) is 3.44. The Kier molecular flexibility index (Phi) is 6.53. The molecule has 20 heavy (non-hydrogen) atoms. The van der Waals surface area contributed by atoms with Gasteiger partial charge in [0.1, 0.15) is 5.75 Å². The third-order valence-electron chi connectivity index (χ3n) is 4.07. The first-order chi connectivity index (χ1) is 9.29. The molecule has 2 atom stereocenters. The first-order valence-electron chi connectivity index (χ1n) is 7.39. The Morgan fingerprint density at radius 2 is 1.95 bits per heavy atom. The molecule has 114 valence electrons. The van der Waals surface area contributed by atoms with E-state index in [1.807, 2.05) is 14.0 Å². The minimum atomic E-state index is 0.326. The van der Waals surface area contributed by atoms with Crippen molar-refractivity contribution in [1.29, 1.82) is 0 Å². The van der Waals surface area contributed by atoms with E-state index in [9.17, 15) is 0 Å². The van der Waals surface area contributed by atoms with Crippen LogP contribution in [-0.4, -0.2) is 13.7 Å². The number of benzene rings is 1. The van der Waals surface area contributed by atoms with Gasteiger partial charge in [-0.25, -0.2) is 0 Å². The van der Waals surface area contributed by atoms with Crippen LogP contribution in [0.1, 0.15) is 52.6 Å². The number of hydrogen-bond acceptors (Lipinski definition) is 2. The van der Waals surface area contributed by atoms with Gasteiger partial charge in [-0.2, -0.15) is 0 Å². The number of halogens is 1. The maximum atomic E-state index is 5.54. The van der Waals surface area contributed by atoms with Crippen LogP contribution in [-0.2, 0) is 0 Å². The number of nitrogens with one attached hydrogen (secondary N) is 1. The zero-order valence-corrected chi connectivity index (χ0v) is 15.2. The van der Waals surface area contributed by atoms with Gasteiger partial charge in [0.05, 0.1) is 6.61 Å². The fraction of sp³-hybridized carbons (Fsp3) is 0.647. The number of rotatable bonds is 6. The molecule has 0 saturated carbocycles. The molecule has 0 heterocycles. The third kappa shape index (κ3) is 4.78. The fourth-order valence-electron chi connectivity index (χ4n) is 2.15. The lowest BCUT2D eigenvalue weighted by Crippen LogP contribution is -2.25. The lowest BCUT2D eigenvalue weighted by atomic mass is 9.77. The smallest absolute Gasteiger partial charge is 0.120 e. The molecule has 0 fully saturated rings. The average molecular weight is 342 g/mol. The molecule has 0 spiro atoms. The van der Waals surface area contributed by atoms with Crippen LogP contribution in [0.2, 0.25) is 0 Å². The second-order valence-corrected chi connectivity index (χ2v) is 7.31. The molecule has 0 bridgehead atoms. The van der Waals surface area contributed by atoms with Gasteiger partial charge < -0.3 is 10.1 Å². The highest BCUT2D eigenvalue weighted by Gasteiger charge is 2.24. The van der Waals surface area contributed by atoms with Crippen LogP contribution in [0.15, 0.2) is 22.7 Å². The van der Waals surface area contributed by atoms with Gasteiger partial charge in [-0.15, -0.1) is 0 Å². The Hall–Kier alpha value is -0.540. The van der Waals surface area contributed by atoms with Gasteiger partial charge in [-0.3, -0.25) is 0 Å². The maximum Gasteiger partial charge on any atom is 0.120 e. The normalized spacial score (nSPS) is 14.9. The molecular weight excluding hydrogens is 314 g/mol. The standard InChI is InChI=1S/C17H28BrNO/c1-7-20-13-8-9-14(15(18)11-13)16(19-6)10-12(2)17(3,4)5/h8-9,11-12,16,19H,7,10H2,1-6H3. The Balaban J connectivity index is 2.90. The van der Waals surface area contributed by atoms with Crippen molar-refractivity contribution in [2.45, 2.75) is 47.1 Å². The lowest BCUT2D eigenvalue weighted by Gasteiger charge is -2.31. The third-order valence-corrected chi connectivity index (χ3v) is 4.76. The zero-order valence-electron chi connectivity index (χ0n) is 13.6. The fourth-order valence-corrected chi connectivity index (χ4v) is 2.79. The molecule has 1 aromatic carbocycles. The van der Waals surface area contributed by atoms with Crippen molar-refractivity contribution < 1.29 is 4.74 Å². The van der Waals surface area contributed by atoms with E-state index in [2.05, 4.69) is 67.1 Å². The molecule has 0 saturated heterocycles. The van der Waals surface area contributed by atoms with Crippen LogP contribution in [0.5, 0.6) is 5.75 Å². The van der Waals surface area contributed by atoms with Crippen molar-refractivity contribution in [3.63, 3.8) is 0 Å². The summed E-state index contributed by atoms with van der Waals surface area (Å²) in [6, 6.07) is 6.63. The van der Waals surface area contributed by atoms with Crippen LogP contribution in [0.25, 0.3) is 0 Å². The average Bonchev–Trinajstić information content (AvgIpc) is 2.35. The van der Waals surface area contributed by atoms with Gasteiger partial charge in [0.25, 0.3) is 0 Å². The van der Waals surface area contributed by atoms with E-state index in [0.717, 1.165) is 16.6 Å². The molecular formula is C17H28BrNO. The second kappa shape index (κ2) is 7.46. The minimum Gasteiger partial charge on any atom is -0.494 e. The van der Waals surface area contributed by atoms with Gasteiger partial charge in [0.2, 0.25) is 0 Å². The molecule has 2 unspecified atom stereocenters. The molecule has 3 heteroatoms. The van der Waals surface area contributed by atoms with Gasteiger partial charge >= 0.3 is 0 Å². The highest BCUT2D eigenvalue weighted by atomic mass is 79.9. The van der Waals surface area contributed by atoms with Gasteiger partial charge in [-0.05, 0) is 49.4 Å². The summed E-state index contributed by atoms with van der Waals surface area (Å²) >= 11 is 3.68. The lowest BCUT2D eigenvalue weighted by molar-refractivity contribution is 0.226. The van der Waals surface area contributed by atoms with E-state index >= 15 is 0 Å². The molecule has 0 aliphatic carbocycles. The van der Waals surface area contributed by atoms with E-state index < -0.39 is 0 Å². The SMILES string of the molecule is CCOc1ccc(C(CC(C)C(C)(C)C)NC)c(Br)c1. The Labute approximate surface area is 132 Å². The van der Waals surface area contributed by atoms with Crippen molar-refractivity contribution in [2.75, 3.05) is 13.7 Å². The van der Waals surface area contributed by atoms with Gasteiger partial charge in [-0.1, -0.05) is 49.7 Å². The summed E-state index contributed by atoms with van der Waals surface area (Å²) in [5.41, 5.74) is 1.62. The second-order valence-electron chi connectivity index (χ2n) is 6.46. The van der Waals surface area contributed by atoms with E-state index in [4.69, 9.17) is 4.74 Å². The van der Waals surface area contributed by atoms with Gasteiger partial charge in [0.15, 0.2) is 0 Å². The van der Waals surface area contributed by atoms with Crippen molar-refractivity contribution in [1.82, 2.24) is 5.32 Å².